The van der Waals surface area contributed by atoms with E-state index < -0.39 is 33.9 Å². The Hall–Kier alpha value is -5.55. The molecule has 0 fully saturated rings. The number of rotatable bonds is 13. The molecule has 294 valence electrons. The van der Waals surface area contributed by atoms with Crippen molar-refractivity contribution in [3.05, 3.63) is 217 Å². The zero-order valence-corrected chi connectivity index (χ0v) is 36.1. The molecule has 7 heteroatoms. The first-order valence-electron chi connectivity index (χ1n) is 19.8. The van der Waals surface area contributed by atoms with E-state index in [1.165, 1.54) is 0 Å². The highest BCUT2D eigenvalue weighted by Gasteiger charge is 2.49. The first-order chi connectivity index (χ1) is 27.8. The minimum Gasteiger partial charge on any atom is -0.514 e. The predicted molar refractivity (Wildman–Crippen MR) is 240 cm³/mol. The lowest BCUT2D eigenvalue weighted by Crippen LogP contribution is -2.68. The lowest BCUT2D eigenvalue weighted by atomic mass is 9.80. The van der Waals surface area contributed by atoms with Crippen LogP contribution in [-0.2, 0) is 14.5 Å². The number of hydrogen-bond donors (Lipinski definition) is 1. The van der Waals surface area contributed by atoms with E-state index in [1.807, 2.05) is 152 Å². The molecule has 0 aliphatic heterocycles. The van der Waals surface area contributed by atoms with Gasteiger partial charge in [-0.1, -0.05) is 176 Å². The zero-order valence-electron chi connectivity index (χ0n) is 34.1. The second-order valence-electron chi connectivity index (χ2n) is 16.5. The maximum absolute atomic E-state index is 13.0. The predicted octanol–water partition coefficient (Wildman–Crippen LogP) is 8.87. The van der Waals surface area contributed by atoms with E-state index in [0.717, 1.165) is 26.3 Å². The molecule has 5 nitrogen and oxygen atoms in total. The van der Waals surface area contributed by atoms with Crippen LogP contribution < -0.4 is 29.6 Å². The van der Waals surface area contributed by atoms with E-state index in [9.17, 15) is 5.11 Å². The Balaban J connectivity index is 1.28. The molecule has 7 aromatic rings. The molecule has 0 aromatic heterocycles. The van der Waals surface area contributed by atoms with Gasteiger partial charge in [0.15, 0.2) is 0 Å². The molecular formula is C51H52O5Si2. The topological polar surface area (TPSA) is 57.2 Å². The molecule has 0 unspecified atom stereocenters. The molecule has 0 saturated heterocycles. The third-order valence-electron chi connectivity index (χ3n) is 9.77. The van der Waals surface area contributed by atoms with Gasteiger partial charge in [-0.15, -0.1) is 0 Å². The monoisotopic (exact) mass is 800 g/mol. The van der Waals surface area contributed by atoms with Gasteiger partial charge in [0.25, 0.3) is 0 Å². The summed E-state index contributed by atoms with van der Waals surface area (Å²) in [6.45, 7) is 12.4. The van der Waals surface area contributed by atoms with E-state index >= 15 is 0 Å². The minimum absolute atomic E-state index is 0.496. The van der Waals surface area contributed by atoms with Crippen LogP contribution in [0.2, 0.25) is 0 Å². The van der Waals surface area contributed by atoms with Crippen molar-refractivity contribution < 1.29 is 22.8 Å². The van der Waals surface area contributed by atoms with Crippen molar-refractivity contribution >= 4 is 37.9 Å². The molecule has 0 aliphatic carbocycles. The highest BCUT2D eigenvalue weighted by atomic mass is 28.4. The van der Waals surface area contributed by atoms with Crippen molar-refractivity contribution in [3.63, 3.8) is 0 Å². The first-order valence-corrected chi connectivity index (χ1v) is 23.4. The van der Waals surface area contributed by atoms with Crippen molar-refractivity contribution in [1.29, 1.82) is 0 Å². The summed E-state index contributed by atoms with van der Waals surface area (Å²) in [5.41, 5.74) is -0.371. The maximum Gasteiger partial charge on any atom is 0.469 e. The second kappa shape index (κ2) is 16.7. The van der Waals surface area contributed by atoms with Crippen LogP contribution in [-0.4, -0.2) is 33.4 Å². The van der Waals surface area contributed by atoms with Crippen LogP contribution in [0.4, 0.5) is 0 Å². The van der Waals surface area contributed by atoms with Gasteiger partial charge in [-0.2, -0.15) is 0 Å². The van der Waals surface area contributed by atoms with Crippen LogP contribution in [0.15, 0.2) is 200 Å². The van der Waals surface area contributed by atoms with Crippen LogP contribution in [0.3, 0.4) is 0 Å². The van der Waals surface area contributed by atoms with Gasteiger partial charge in [0.05, 0.1) is 11.2 Å². The Morgan fingerprint density at radius 3 is 0.828 bits per heavy atom. The minimum atomic E-state index is -3.29. The summed E-state index contributed by atoms with van der Waals surface area (Å²) < 4.78 is 28.3. The Labute approximate surface area is 346 Å². The van der Waals surface area contributed by atoms with Crippen molar-refractivity contribution in [2.24, 2.45) is 0 Å². The fourth-order valence-electron chi connectivity index (χ4n) is 7.38. The van der Waals surface area contributed by atoms with E-state index in [1.54, 1.807) is 0 Å². The maximum atomic E-state index is 13.0. The molecule has 0 radical (unpaired) electrons. The molecular weight excluding hydrogens is 749 g/mol. The highest BCUT2D eigenvalue weighted by Crippen LogP contribution is 2.39. The molecule has 0 aliphatic rings. The highest BCUT2D eigenvalue weighted by molar-refractivity contribution is 6.93. The van der Waals surface area contributed by atoms with Crippen molar-refractivity contribution in [2.45, 2.75) is 58.3 Å². The Morgan fingerprint density at radius 2 is 0.569 bits per heavy atom. The van der Waals surface area contributed by atoms with Gasteiger partial charge >= 0.3 is 17.1 Å². The summed E-state index contributed by atoms with van der Waals surface area (Å²) in [5.74, 6) is 1.29. The normalized spacial score (nSPS) is 12.5. The molecule has 7 aromatic carbocycles. The summed E-state index contributed by atoms with van der Waals surface area (Å²) >= 11 is 0. The van der Waals surface area contributed by atoms with Gasteiger partial charge in [-0.3, -0.25) is 0 Å². The molecule has 1 N–H and O–H groups in total. The van der Waals surface area contributed by atoms with E-state index in [-0.39, 0.29) is 0 Å². The Morgan fingerprint density at radius 1 is 0.328 bits per heavy atom. The molecule has 0 heterocycles. The van der Waals surface area contributed by atoms with Crippen LogP contribution in [0, 0.1) is 0 Å². The first kappa shape index (κ1) is 40.6. The third kappa shape index (κ3) is 8.79. The average molecular weight is 801 g/mol. The third-order valence-corrected chi connectivity index (χ3v) is 17.0. The zero-order chi connectivity index (χ0) is 40.9. The summed E-state index contributed by atoms with van der Waals surface area (Å²) in [6.07, 6.45) is 0. The second-order valence-corrected chi connectivity index (χ2v) is 22.0. The van der Waals surface area contributed by atoms with Gasteiger partial charge in [0, 0.05) is 20.7 Å². The van der Waals surface area contributed by atoms with Crippen LogP contribution in [0.1, 0.15) is 58.2 Å². The summed E-state index contributed by atoms with van der Waals surface area (Å²) in [7, 11) is -6.58. The Bertz CT molecular complexity index is 2120. The van der Waals surface area contributed by atoms with Gasteiger partial charge in [-0.05, 0) is 82.5 Å². The van der Waals surface area contributed by atoms with Gasteiger partial charge in [0.1, 0.15) is 17.1 Å². The molecule has 0 atom stereocenters. The standard InChI is InChI=1S/C51H52O5Si2/c1-49(2,3)55-57(45-24-14-8-15-25-45,46-26-16-9-17-27-46)53-43-36-32-41(33-37-43)51(52,40-22-12-7-13-23-40)42-34-38-44(39-35-42)54-58(56-50(4,5)6,47-28-18-10-19-29-47)48-30-20-11-21-31-48/h7-39,52H,1-6H3. The smallest absolute Gasteiger partial charge is 0.469 e. The van der Waals surface area contributed by atoms with Crippen LogP contribution >= 0.6 is 0 Å². The van der Waals surface area contributed by atoms with E-state index in [0.29, 0.717) is 22.6 Å². The lowest BCUT2D eigenvalue weighted by Gasteiger charge is -2.38. The van der Waals surface area contributed by atoms with Crippen LogP contribution in [0.25, 0.3) is 0 Å². The van der Waals surface area contributed by atoms with Crippen molar-refractivity contribution in [3.8, 4) is 11.5 Å². The van der Waals surface area contributed by atoms with Gasteiger partial charge in [-0.25, -0.2) is 0 Å². The summed E-state index contributed by atoms with van der Waals surface area (Å²) in [5, 5.41) is 17.0. The lowest BCUT2D eigenvalue weighted by molar-refractivity contribution is 0.100. The van der Waals surface area contributed by atoms with Crippen LogP contribution in [0.5, 0.6) is 11.5 Å². The number of benzene rings is 7. The number of aliphatic hydroxyl groups is 1. The van der Waals surface area contributed by atoms with Gasteiger partial charge in [0.2, 0.25) is 0 Å². The fourth-order valence-corrected chi connectivity index (χ4v) is 14.3. The quantitative estimate of drug-likeness (QED) is 0.0934. The van der Waals surface area contributed by atoms with E-state index in [4.69, 9.17) is 17.7 Å². The largest absolute Gasteiger partial charge is 0.514 e. The molecule has 0 saturated carbocycles. The summed E-state index contributed by atoms with van der Waals surface area (Å²) in [4.78, 5) is 0. The molecule has 7 rings (SSSR count). The van der Waals surface area contributed by atoms with E-state index in [2.05, 4.69) is 90.1 Å². The van der Waals surface area contributed by atoms with Crippen molar-refractivity contribution in [2.75, 3.05) is 0 Å². The Kier molecular flexibility index (Phi) is 11.7. The molecule has 58 heavy (non-hydrogen) atoms. The molecule has 0 bridgehead atoms. The fraction of sp³-hybridized carbons (Fsp3) is 0.176. The summed E-state index contributed by atoms with van der Waals surface area (Å²) in [6, 6.07) is 66.2. The van der Waals surface area contributed by atoms with Gasteiger partial charge < -0.3 is 22.8 Å². The number of hydrogen-bond acceptors (Lipinski definition) is 5. The molecule has 0 spiro atoms. The SMILES string of the molecule is CC(C)(C)O[Si](Oc1ccc(C(O)(c2ccccc2)c2ccc(O[Si](OC(C)(C)C)(c3ccccc3)c3ccccc3)cc2)cc1)(c1ccccc1)c1ccccc1. The average Bonchev–Trinajstić information content (AvgIpc) is 3.24. The van der Waals surface area contributed by atoms with Crippen molar-refractivity contribution in [1.82, 2.24) is 0 Å². The molecule has 0 amide bonds.